The number of fused-ring (bicyclic) bond motifs is 6. The lowest BCUT2D eigenvalue weighted by molar-refractivity contribution is -0.142. The van der Waals surface area contributed by atoms with Crippen LogP contribution >= 0.6 is 0 Å². The molecule has 124 valence electrons. The van der Waals surface area contributed by atoms with Gasteiger partial charge in [-0.3, -0.25) is 9.59 Å². The summed E-state index contributed by atoms with van der Waals surface area (Å²) in [4.78, 5) is 30.9. The summed E-state index contributed by atoms with van der Waals surface area (Å²) in [7, 11) is 0. The fourth-order valence-electron chi connectivity index (χ4n) is 4.45. The number of H-pyrrole nitrogens is 1. The van der Waals surface area contributed by atoms with Gasteiger partial charge in [0.15, 0.2) is 5.54 Å². The Morgan fingerprint density at radius 1 is 1.12 bits per heavy atom. The van der Waals surface area contributed by atoms with Crippen molar-refractivity contribution in [3.63, 3.8) is 0 Å². The SMILES string of the molecule is CC(=O)N1CCc2c([nH]c3ccccc23)C12C(=O)Nc1ccccc12. The van der Waals surface area contributed by atoms with Gasteiger partial charge in [0, 0.05) is 35.6 Å². The lowest BCUT2D eigenvalue weighted by atomic mass is 9.80. The third-order valence-electron chi connectivity index (χ3n) is 5.44. The molecule has 25 heavy (non-hydrogen) atoms. The second-order valence-electron chi connectivity index (χ2n) is 6.65. The number of amides is 2. The average Bonchev–Trinajstić information content (AvgIpc) is 3.12. The quantitative estimate of drug-likeness (QED) is 0.665. The fraction of sp³-hybridized carbons (Fsp3) is 0.200. The number of nitrogens with zero attached hydrogens (tertiary/aromatic N) is 1. The Kier molecular flexibility index (Phi) is 2.70. The first-order valence-electron chi connectivity index (χ1n) is 8.43. The molecule has 0 saturated heterocycles. The number of carbonyl (C=O) groups excluding carboxylic acids is 2. The molecule has 2 N–H and O–H groups in total. The van der Waals surface area contributed by atoms with Crippen LogP contribution in [0.15, 0.2) is 48.5 Å². The highest BCUT2D eigenvalue weighted by atomic mass is 16.2. The molecule has 2 amide bonds. The van der Waals surface area contributed by atoms with Gasteiger partial charge in [0.05, 0.1) is 5.69 Å². The van der Waals surface area contributed by atoms with Gasteiger partial charge in [-0.05, 0) is 24.1 Å². The van der Waals surface area contributed by atoms with Crippen LogP contribution in [0, 0.1) is 0 Å². The smallest absolute Gasteiger partial charge is 0.261 e. The van der Waals surface area contributed by atoms with E-state index in [0.717, 1.165) is 39.8 Å². The van der Waals surface area contributed by atoms with Crippen LogP contribution in [-0.4, -0.2) is 28.2 Å². The van der Waals surface area contributed by atoms with Gasteiger partial charge in [0.25, 0.3) is 5.91 Å². The van der Waals surface area contributed by atoms with Crippen LogP contribution in [0.5, 0.6) is 0 Å². The van der Waals surface area contributed by atoms with E-state index in [1.165, 1.54) is 6.92 Å². The lowest BCUT2D eigenvalue weighted by Gasteiger charge is -2.42. The number of nitrogens with one attached hydrogen (secondary N) is 2. The predicted molar refractivity (Wildman–Crippen MR) is 95.2 cm³/mol. The fourth-order valence-corrected chi connectivity index (χ4v) is 4.45. The summed E-state index contributed by atoms with van der Waals surface area (Å²) in [6.45, 7) is 2.05. The number of carbonyl (C=O) groups is 2. The van der Waals surface area contributed by atoms with Gasteiger partial charge in [-0.25, -0.2) is 0 Å². The standard InChI is InChI=1S/C20H17N3O2/c1-12(24)23-11-10-14-13-6-2-4-8-16(13)21-18(14)20(23)15-7-3-5-9-17(15)22-19(20)25/h2-9,21H,10-11H2,1H3,(H,22,25). The Balaban J connectivity index is 1.91. The maximum Gasteiger partial charge on any atom is 0.261 e. The number of benzene rings is 2. The average molecular weight is 331 g/mol. The molecule has 0 fully saturated rings. The molecule has 1 atom stereocenters. The van der Waals surface area contributed by atoms with E-state index < -0.39 is 5.54 Å². The summed E-state index contributed by atoms with van der Waals surface area (Å²) >= 11 is 0. The zero-order chi connectivity index (χ0) is 17.2. The van der Waals surface area contributed by atoms with E-state index in [2.05, 4.69) is 16.4 Å². The minimum atomic E-state index is -1.12. The topological polar surface area (TPSA) is 65.2 Å². The van der Waals surface area contributed by atoms with E-state index in [1.807, 2.05) is 42.5 Å². The molecule has 0 saturated carbocycles. The van der Waals surface area contributed by atoms with Crippen LogP contribution in [0.3, 0.4) is 0 Å². The number of anilines is 1. The molecule has 0 radical (unpaired) electrons. The molecule has 1 spiro atoms. The Morgan fingerprint density at radius 2 is 1.88 bits per heavy atom. The third-order valence-corrected chi connectivity index (χ3v) is 5.44. The van der Waals surface area contributed by atoms with E-state index in [4.69, 9.17) is 0 Å². The van der Waals surface area contributed by atoms with Crippen molar-refractivity contribution in [3.05, 3.63) is 65.4 Å². The van der Waals surface area contributed by atoms with Gasteiger partial charge in [-0.1, -0.05) is 36.4 Å². The molecular weight excluding hydrogens is 314 g/mol. The molecule has 1 unspecified atom stereocenters. The summed E-state index contributed by atoms with van der Waals surface area (Å²) in [6, 6.07) is 15.7. The van der Waals surface area contributed by atoms with Crippen molar-refractivity contribution in [2.24, 2.45) is 0 Å². The molecule has 3 heterocycles. The van der Waals surface area contributed by atoms with Gasteiger partial charge < -0.3 is 15.2 Å². The predicted octanol–water partition coefficient (Wildman–Crippen LogP) is 2.77. The first-order chi connectivity index (χ1) is 12.1. The minimum absolute atomic E-state index is 0.101. The maximum atomic E-state index is 13.2. The Morgan fingerprint density at radius 3 is 2.72 bits per heavy atom. The first kappa shape index (κ1) is 14.3. The first-order valence-corrected chi connectivity index (χ1v) is 8.43. The van der Waals surface area contributed by atoms with E-state index in [1.54, 1.807) is 4.90 Å². The monoisotopic (exact) mass is 331 g/mol. The van der Waals surface area contributed by atoms with E-state index in [0.29, 0.717) is 6.54 Å². The zero-order valence-electron chi connectivity index (χ0n) is 13.8. The number of aromatic amines is 1. The van der Waals surface area contributed by atoms with Gasteiger partial charge in [0.2, 0.25) is 5.91 Å². The third kappa shape index (κ3) is 1.62. The number of aromatic nitrogens is 1. The van der Waals surface area contributed by atoms with Crippen molar-refractivity contribution in [1.29, 1.82) is 0 Å². The normalized spacial score (nSPS) is 21.3. The van der Waals surface area contributed by atoms with Crippen molar-refractivity contribution in [3.8, 4) is 0 Å². The van der Waals surface area contributed by atoms with E-state index in [9.17, 15) is 9.59 Å². The molecule has 0 aliphatic carbocycles. The molecule has 5 heteroatoms. The minimum Gasteiger partial charge on any atom is -0.355 e. The van der Waals surface area contributed by atoms with Crippen LogP contribution in [-0.2, 0) is 21.5 Å². The Bertz CT molecular complexity index is 1050. The second kappa shape index (κ2) is 4.72. The molecule has 2 aliphatic rings. The lowest BCUT2D eigenvalue weighted by Crippen LogP contribution is -2.57. The van der Waals surface area contributed by atoms with Crippen LogP contribution in [0.2, 0.25) is 0 Å². The molecule has 0 bridgehead atoms. The second-order valence-corrected chi connectivity index (χ2v) is 6.65. The molecule has 2 aromatic carbocycles. The van der Waals surface area contributed by atoms with Crippen LogP contribution in [0.1, 0.15) is 23.7 Å². The molecule has 5 nitrogen and oxygen atoms in total. The van der Waals surface area contributed by atoms with Crippen molar-refractivity contribution < 1.29 is 9.59 Å². The van der Waals surface area contributed by atoms with Gasteiger partial charge in [0.1, 0.15) is 0 Å². The number of rotatable bonds is 0. The summed E-state index contributed by atoms with van der Waals surface area (Å²) in [6.07, 6.45) is 0.732. The Hall–Kier alpha value is -3.08. The Labute approximate surface area is 144 Å². The van der Waals surface area contributed by atoms with Crippen LogP contribution < -0.4 is 5.32 Å². The van der Waals surface area contributed by atoms with E-state index in [-0.39, 0.29) is 11.8 Å². The van der Waals surface area contributed by atoms with Gasteiger partial charge in [-0.2, -0.15) is 0 Å². The largest absolute Gasteiger partial charge is 0.355 e. The highest BCUT2D eigenvalue weighted by Gasteiger charge is 2.57. The number of hydrogen-bond donors (Lipinski definition) is 2. The molecule has 2 aliphatic heterocycles. The van der Waals surface area contributed by atoms with Gasteiger partial charge in [-0.15, -0.1) is 0 Å². The summed E-state index contributed by atoms with van der Waals surface area (Å²) in [5.41, 5.74) is 3.43. The van der Waals surface area contributed by atoms with Gasteiger partial charge >= 0.3 is 0 Å². The van der Waals surface area contributed by atoms with Crippen molar-refractivity contribution >= 4 is 28.4 Å². The summed E-state index contributed by atoms with van der Waals surface area (Å²) in [5, 5.41) is 4.10. The molecule has 1 aromatic heterocycles. The maximum absolute atomic E-state index is 13.2. The summed E-state index contributed by atoms with van der Waals surface area (Å²) < 4.78 is 0. The number of para-hydroxylation sites is 2. The van der Waals surface area contributed by atoms with Crippen molar-refractivity contribution in [2.75, 3.05) is 11.9 Å². The van der Waals surface area contributed by atoms with E-state index >= 15 is 0 Å². The molecule has 3 aromatic rings. The summed E-state index contributed by atoms with van der Waals surface area (Å²) in [5.74, 6) is -0.271. The highest BCUT2D eigenvalue weighted by Crippen LogP contribution is 2.49. The van der Waals surface area contributed by atoms with Crippen LogP contribution in [0.4, 0.5) is 5.69 Å². The zero-order valence-corrected chi connectivity index (χ0v) is 13.8. The number of hydrogen-bond acceptors (Lipinski definition) is 2. The molecule has 5 rings (SSSR count). The molecular formula is C20H17N3O2. The van der Waals surface area contributed by atoms with Crippen molar-refractivity contribution in [1.82, 2.24) is 9.88 Å². The highest BCUT2D eigenvalue weighted by molar-refractivity contribution is 6.11. The van der Waals surface area contributed by atoms with Crippen LogP contribution in [0.25, 0.3) is 10.9 Å². The van der Waals surface area contributed by atoms with Crippen molar-refractivity contribution in [2.45, 2.75) is 18.9 Å².